The number of hydrogen-bond donors (Lipinski definition) is 2. The van der Waals surface area contributed by atoms with Crippen LogP contribution in [0.5, 0.6) is 0 Å². The monoisotopic (exact) mass is 268 g/mol. The van der Waals surface area contributed by atoms with Crippen molar-refractivity contribution in [3.8, 4) is 0 Å². The van der Waals surface area contributed by atoms with E-state index in [1.165, 1.54) is 0 Å². The first kappa shape index (κ1) is 13.1. The summed E-state index contributed by atoms with van der Waals surface area (Å²) in [5.74, 6) is -3.43. The van der Waals surface area contributed by atoms with Crippen molar-refractivity contribution in [1.82, 2.24) is 9.97 Å². The van der Waals surface area contributed by atoms with Gasteiger partial charge in [-0.05, 0) is 19.1 Å². The summed E-state index contributed by atoms with van der Waals surface area (Å²) in [7, 11) is 1.64. The second kappa shape index (κ2) is 5.13. The maximum Gasteiger partial charge on any atom is 0.224 e. The first-order valence-corrected chi connectivity index (χ1v) is 5.45. The molecule has 100 valence electrons. The molecule has 7 heteroatoms. The minimum Gasteiger partial charge on any atom is -0.357 e. The molecule has 2 aromatic rings. The van der Waals surface area contributed by atoms with Gasteiger partial charge in [0.25, 0.3) is 0 Å². The Morgan fingerprint density at radius 3 is 2.47 bits per heavy atom. The molecule has 0 aliphatic carbocycles. The molecule has 0 spiro atoms. The van der Waals surface area contributed by atoms with E-state index in [0.717, 1.165) is 12.1 Å². The summed E-state index contributed by atoms with van der Waals surface area (Å²) in [5.41, 5.74) is 0.448. The molecule has 0 aliphatic heterocycles. The first-order valence-electron chi connectivity index (χ1n) is 5.45. The second-order valence-corrected chi connectivity index (χ2v) is 3.82. The predicted molar refractivity (Wildman–Crippen MR) is 65.9 cm³/mol. The Hall–Kier alpha value is -2.31. The molecule has 0 aliphatic rings. The highest BCUT2D eigenvalue weighted by Gasteiger charge is 2.14. The van der Waals surface area contributed by atoms with E-state index in [0.29, 0.717) is 11.6 Å². The van der Waals surface area contributed by atoms with Crippen LogP contribution < -0.4 is 10.6 Å². The van der Waals surface area contributed by atoms with Gasteiger partial charge in [0.15, 0.2) is 17.5 Å². The van der Waals surface area contributed by atoms with Gasteiger partial charge in [-0.15, -0.1) is 0 Å². The topological polar surface area (TPSA) is 49.8 Å². The van der Waals surface area contributed by atoms with Crippen molar-refractivity contribution < 1.29 is 13.2 Å². The Labute approximate surface area is 107 Å². The van der Waals surface area contributed by atoms with Gasteiger partial charge >= 0.3 is 0 Å². The molecule has 4 nitrogen and oxygen atoms in total. The van der Waals surface area contributed by atoms with E-state index in [1.54, 1.807) is 20.0 Å². The number of aryl methyl sites for hydroxylation is 1. The van der Waals surface area contributed by atoms with Crippen molar-refractivity contribution in [3.63, 3.8) is 0 Å². The van der Waals surface area contributed by atoms with Crippen LogP contribution in [0.2, 0.25) is 0 Å². The van der Waals surface area contributed by atoms with E-state index < -0.39 is 17.5 Å². The van der Waals surface area contributed by atoms with E-state index in [-0.39, 0.29) is 11.5 Å². The number of nitrogens with one attached hydrogen (secondary N) is 2. The molecule has 2 N–H and O–H groups in total. The highest BCUT2D eigenvalue weighted by atomic mass is 19.2. The zero-order chi connectivity index (χ0) is 14.0. The van der Waals surface area contributed by atoms with Crippen LogP contribution in [0.1, 0.15) is 5.69 Å². The Morgan fingerprint density at radius 1 is 1.05 bits per heavy atom. The smallest absolute Gasteiger partial charge is 0.224 e. The Kier molecular flexibility index (Phi) is 3.55. The van der Waals surface area contributed by atoms with E-state index in [4.69, 9.17) is 0 Å². The zero-order valence-corrected chi connectivity index (χ0v) is 10.3. The number of hydrogen-bond acceptors (Lipinski definition) is 4. The minimum atomic E-state index is -1.52. The number of benzene rings is 1. The lowest BCUT2D eigenvalue weighted by Gasteiger charge is -2.09. The summed E-state index contributed by atoms with van der Waals surface area (Å²) in [6.45, 7) is 1.73. The molecule has 1 heterocycles. The fraction of sp³-hybridized carbons (Fsp3) is 0.167. The minimum absolute atomic E-state index is 0.195. The summed E-state index contributed by atoms with van der Waals surface area (Å²) in [6, 6.07) is 3.50. The molecule has 1 aromatic heterocycles. The molecular formula is C12H11F3N4. The average molecular weight is 268 g/mol. The summed E-state index contributed by atoms with van der Waals surface area (Å²) >= 11 is 0. The molecule has 2 rings (SSSR count). The van der Waals surface area contributed by atoms with Crippen LogP contribution in [0.25, 0.3) is 0 Å². The van der Waals surface area contributed by atoms with E-state index in [1.807, 2.05) is 0 Å². The van der Waals surface area contributed by atoms with Gasteiger partial charge in [0.05, 0.1) is 5.69 Å². The van der Waals surface area contributed by atoms with E-state index >= 15 is 0 Å². The molecule has 0 amide bonds. The number of halogens is 3. The number of aromatic nitrogens is 2. The number of anilines is 3. The highest BCUT2D eigenvalue weighted by molar-refractivity contribution is 5.58. The highest BCUT2D eigenvalue weighted by Crippen LogP contribution is 2.23. The van der Waals surface area contributed by atoms with Gasteiger partial charge in [0.2, 0.25) is 5.95 Å². The Balaban J connectivity index is 2.36. The van der Waals surface area contributed by atoms with Crippen LogP contribution in [-0.2, 0) is 0 Å². The number of rotatable bonds is 3. The van der Waals surface area contributed by atoms with Crippen molar-refractivity contribution in [3.05, 3.63) is 41.3 Å². The predicted octanol–water partition coefficient (Wildman–Crippen LogP) is 2.99. The fourth-order valence-corrected chi connectivity index (χ4v) is 1.50. The van der Waals surface area contributed by atoms with Gasteiger partial charge in [-0.2, -0.15) is 4.98 Å². The lowest BCUT2D eigenvalue weighted by atomic mass is 10.2. The largest absolute Gasteiger partial charge is 0.357 e. The third-order valence-corrected chi connectivity index (χ3v) is 2.38. The molecule has 0 saturated carbocycles. The van der Waals surface area contributed by atoms with Crippen LogP contribution in [0.15, 0.2) is 18.2 Å². The van der Waals surface area contributed by atoms with Gasteiger partial charge in [-0.1, -0.05) is 0 Å². The van der Waals surface area contributed by atoms with E-state index in [9.17, 15) is 13.2 Å². The van der Waals surface area contributed by atoms with Crippen LogP contribution in [0, 0.1) is 24.4 Å². The molecular weight excluding hydrogens is 257 g/mol. The van der Waals surface area contributed by atoms with Crippen LogP contribution in [0.3, 0.4) is 0 Å². The molecule has 0 radical (unpaired) electrons. The molecule has 0 atom stereocenters. The standard InChI is InChI=1S/C12H11F3N4/c1-6-5-9(19-12(16-2)17-6)18-8-4-3-7(13)10(14)11(8)15/h3-5H,1-2H3,(H2,16,17,18,19). The molecule has 19 heavy (non-hydrogen) atoms. The third-order valence-electron chi connectivity index (χ3n) is 2.38. The normalized spacial score (nSPS) is 10.4. The van der Waals surface area contributed by atoms with Crippen molar-refractivity contribution in [1.29, 1.82) is 0 Å². The number of nitrogens with zero attached hydrogens (tertiary/aromatic N) is 2. The molecule has 0 unspecified atom stereocenters. The van der Waals surface area contributed by atoms with Gasteiger partial charge in [-0.3, -0.25) is 0 Å². The van der Waals surface area contributed by atoms with Gasteiger partial charge in [0.1, 0.15) is 5.82 Å². The lowest BCUT2D eigenvalue weighted by Crippen LogP contribution is -2.04. The third kappa shape index (κ3) is 2.75. The summed E-state index contributed by atoms with van der Waals surface area (Å²) < 4.78 is 39.4. The van der Waals surface area contributed by atoms with Crippen molar-refractivity contribution in [2.24, 2.45) is 0 Å². The molecule has 0 fully saturated rings. The molecule has 1 aromatic carbocycles. The summed E-state index contributed by atoms with van der Waals surface area (Å²) in [5, 5.41) is 5.32. The van der Waals surface area contributed by atoms with Crippen LogP contribution in [0.4, 0.5) is 30.6 Å². The zero-order valence-electron chi connectivity index (χ0n) is 10.3. The maximum atomic E-state index is 13.5. The quantitative estimate of drug-likeness (QED) is 0.840. The molecule has 0 bridgehead atoms. The Bertz CT molecular complexity index is 616. The van der Waals surface area contributed by atoms with Gasteiger partial charge < -0.3 is 10.6 Å². The Morgan fingerprint density at radius 2 is 1.79 bits per heavy atom. The van der Waals surface area contributed by atoms with Crippen molar-refractivity contribution >= 4 is 17.5 Å². The summed E-state index contributed by atoms with van der Waals surface area (Å²) in [4.78, 5) is 8.08. The van der Waals surface area contributed by atoms with E-state index in [2.05, 4.69) is 20.6 Å². The van der Waals surface area contributed by atoms with Crippen molar-refractivity contribution in [2.75, 3.05) is 17.7 Å². The first-order chi connectivity index (χ1) is 9.01. The lowest BCUT2D eigenvalue weighted by molar-refractivity contribution is 0.449. The average Bonchev–Trinajstić information content (AvgIpc) is 2.39. The SMILES string of the molecule is CNc1nc(C)cc(Nc2ccc(F)c(F)c2F)n1. The van der Waals surface area contributed by atoms with Gasteiger partial charge in [-0.25, -0.2) is 18.2 Å². The molecule has 0 saturated heterocycles. The van der Waals surface area contributed by atoms with Crippen LogP contribution >= 0.6 is 0 Å². The van der Waals surface area contributed by atoms with Crippen molar-refractivity contribution in [2.45, 2.75) is 6.92 Å². The second-order valence-electron chi connectivity index (χ2n) is 3.82. The maximum absolute atomic E-state index is 13.5. The van der Waals surface area contributed by atoms with Crippen LogP contribution in [-0.4, -0.2) is 17.0 Å². The fourth-order valence-electron chi connectivity index (χ4n) is 1.50. The summed E-state index contributed by atoms with van der Waals surface area (Å²) in [6.07, 6.45) is 0. The van der Waals surface area contributed by atoms with Gasteiger partial charge in [0, 0.05) is 18.8 Å².